The summed E-state index contributed by atoms with van der Waals surface area (Å²) in [7, 11) is 0. The third-order valence-corrected chi connectivity index (χ3v) is 2.36. The minimum absolute atomic E-state index is 0.681. The highest BCUT2D eigenvalue weighted by Crippen LogP contribution is 2.20. The molecular weight excluding hydrogens is 134 g/mol. The Balaban J connectivity index is 2.83. The lowest BCUT2D eigenvalue weighted by Gasteiger charge is -2.08. The van der Waals surface area contributed by atoms with Gasteiger partial charge >= 0.3 is 0 Å². The van der Waals surface area contributed by atoms with Crippen LogP contribution in [0.3, 0.4) is 0 Å². The second-order valence-corrected chi connectivity index (χ2v) is 3.08. The van der Waals surface area contributed by atoms with Crippen LogP contribution in [-0.4, -0.2) is 4.98 Å². The average molecular weight is 151 g/mol. The molecule has 1 unspecified atom stereocenters. The monoisotopic (exact) mass is 151 g/mol. The van der Waals surface area contributed by atoms with Crippen LogP contribution in [0.15, 0.2) is 12.3 Å². The van der Waals surface area contributed by atoms with Crippen molar-refractivity contribution in [2.75, 3.05) is 0 Å². The highest BCUT2D eigenvalue weighted by Gasteiger charge is 2.07. The first-order valence-electron chi connectivity index (χ1n) is 4.45. The van der Waals surface area contributed by atoms with Gasteiger partial charge in [-0.25, -0.2) is 0 Å². The molecule has 0 aromatic carbocycles. The van der Waals surface area contributed by atoms with E-state index in [-0.39, 0.29) is 0 Å². The number of aromatic amines is 1. The maximum Gasteiger partial charge on any atom is 0.0208 e. The van der Waals surface area contributed by atoms with Crippen molar-refractivity contribution < 1.29 is 0 Å². The molecule has 0 aliphatic carbocycles. The predicted octanol–water partition coefficient (Wildman–Crippen LogP) is 3.09. The molecule has 1 rings (SSSR count). The lowest BCUT2D eigenvalue weighted by molar-refractivity contribution is 0.704. The summed E-state index contributed by atoms with van der Waals surface area (Å²) in [5.41, 5.74) is 2.90. The maximum atomic E-state index is 3.31. The minimum atomic E-state index is 0.681. The fourth-order valence-corrected chi connectivity index (χ4v) is 1.39. The molecule has 0 saturated carbocycles. The molecule has 0 saturated heterocycles. The SMILES string of the molecule is CCc1cc[nH]c1C(C)CC. The first-order valence-corrected chi connectivity index (χ1v) is 4.45. The van der Waals surface area contributed by atoms with Gasteiger partial charge in [-0.15, -0.1) is 0 Å². The van der Waals surface area contributed by atoms with Crippen molar-refractivity contribution in [2.24, 2.45) is 0 Å². The van der Waals surface area contributed by atoms with Crippen molar-refractivity contribution in [3.05, 3.63) is 23.5 Å². The Morgan fingerprint density at radius 1 is 1.45 bits per heavy atom. The van der Waals surface area contributed by atoms with E-state index < -0.39 is 0 Å². The van der Waals surface area contributed by atoms with Gasteiger partial charge in [0.2, 0.25) is 0 Å². The van der Waals surface area contributed by atoms with Gasteiger partial charge in [0.15, 0.2) is 0 Å². The molecule has 0 aliphatic heterocycles. The zero-order valence-electron chi connectivity index (χ0n) is 7.65. The van der Waals surface area contributed by atoms with Gasteiger partial charge in [-0.2, -0.15) is 0 Å². The number of aryl methyl sites for hydroxylation is 1. The summed E-state index contributed by atoms with van der Waals surface area (Å²) in [6.07, 6.45) is 4.40. The average Bonchev–Trinajstić information content (AvgIpc) is 2.50. The normalized spacial score (nSPS) is 13.4. The fraction of sp³-hybridized carbons (Fsp3) is 0.600. The highest BCUT2D eigenvalue weighted by atomic mass is 14.7. The van der Waals surface area contributed by atoms with E-state index in [1.807, 2.05) is 6.20 Å². The summed E-state index contributed by atoms with van der Waals surface area (Å²) in [6, 6.07) is 2.18. The standard InChI is InChI=1S/C10H17N/c1-4-8(3)10-9(5-2)6-7-11-10/h6-8,11H,4-5H2,1-3H3. The first kappa shape index (κ1) is 8.38. The van der Waals surface area contributed by atoms with E-state index in [1.165, 1.54) is 17.7 Å². The third-order valence-electron chi connectivity index (χ3n) is 2.36. The zero-order chi connectivity index (χ0) is 8.27. The van der Waals surface area contributed by atoms with Crippen molar-refractivity contribution in [2.45, 2.75) is 39.5 Å². The van der Waals surface area contributed by atoms with E-state index in [0.29, 0.717) is 5.92 Å². The van der Waals surface area contributed by atoms with Gasteiger partial charge in [0.25, 0.3) is 0 Å². The molecule has 1 aromatic rings. The van der Waals surface area contributed by atoms with Gasteiger partial charge in [0, 0.05) is 11.9 Å². The summed E-state index contributed by atoms with van der Waals surface area (Å²) in [5, 5.41) is 0. The molecule has 1 heteroatoms. The number of rotatable bonds is 3. The summed E-state index contributed by atoms with van der Waals surface area (Å²) in [6.45, 7) is 6.70. The van der Waals surface area contributed by atoms with E-state index in [2.05, 4.69) is 31.8 Å². The van der Waals surface area contributed by atoms with Crippen molar-refractivity contribution in [1.82, 2.24) is 4.98 Å². The molecule has 62 valence electrons. The van der Waals surface area contributed by atoms with Gasteiger partial charge in [-0.05, 0) is 30.4 Å². The van der Waals surface area contributed by atoms with Crippen LogP contribution in [0.2, 0.25) is 0 Å². The van der Waals surface area contributed by atoms with Gasteiger partial charge in [-0.1, -0.05) is 20.8 Å². The molecule has 0 spiro atoms. The topological polar surface area (TPSA) is 15.8 Å². The molecular formula is C10H17N. The number of H-pyrrole nitrogens is 1. The number of hydrogen-bond donors (Lipinski definition) is 1. The van der Waals surface area contributed by atoms with E-state index in [0.717, 1.165) is 6.42 Å². The molecule has 1 heterocycles. The summed E-state index contributed by atoms with van der Waals surface area (Å²) >= 11 is 0. The number of aromatic nitrogens is 1. The van der Waals surface area contributed by atoms with Crippen LogP contribution >= 0.6 is 0 Å². The molecule has 1 atom stereocenters. The van der Waals surface area contributed by atoms with Crippen molar-refractivity contribution in [3.8, 4) is 0 Å². The van der Waals surface area contributed by atoms with E-state index in [4.69, 9.17) is 0 Å². The van der Waals surface area contributed by atoms with E-state index >= 15 is 0 Å². The lowest BCUT2D eigenvalue weighted by atomic mass is 10.0. The Morgan fingerprint density at radius 2 is 2.18 bits per heavy atom. The number of nitrogens with one attached hydrogen (secondary N) is 1. The summed E-state index contributed by atoms with van der Waals surface area (Å²) in [5.74, 6) is 0.681. The van der Waals surface area contributed by atoms with Gasteiger partial charge in [0.1, 0.15) is 0 Å². The number of hydrogen-bond acceptors (Lipinski definition) is 0. The second-order valence-electron chi connectivity index (χ2n) is 3.08. The molecule has 0 amide bonds. The van der Waals surface area contributed by atoms with Crippen molar-refractivity contribution in [1.29, 1.82) is 0 Å². The second kappa shape index (κ2) is 3.61. The van der Waals surface area contributed by atoms with Crippen molar-refractivity contribution >= 4 is 0 Å². The highest BCUT2D eigenvalue weighted by molar-refractivity contribution is 5.23. The van der Waals surface area contributed by atoms with E-state index in [1.54, 1.807) is 0 Å². The molecule has 0 aliphatic rings. The Bertz CT molecular complexity index is 212. The van der Waals surface area contributed by atoms with Crippen LogP contribution < -0.4 is 0 Å². The van der Waals surface area contributed by atoms with Gasteiger partial charge in [0.05, 0.1) is 0 Å². The van der Waals surface area contributed by atoms with Crippen LogP contribution in [0.4, 0.5) is 0 Å². The quantitative estimate of drug-likeness (QED) is 0.683. The Hall–Kier alpha value is -0.720. The Morgan fingerprint density at radius 3 is 2.73 bits per heavy atom. The van der Waals surface area contributed by atoms with E-state index in [9.17, 15) is 0 Å². The Kier molecular flexibility index (Phi) is 2.75. The fourth-order valence-electron chi connectivity index (χ4n) is 1.39. The zero-order valence-corrected chi connectivity index (χ0v) is 7.65. The minimum Gasteiger partial charge on any atom is -0.365 e. The molecule has 0 radical (unpaired) electrons. The lowest BCUT2D eigenvalue weighted by Crippen LogP contribution is -1.95. The van der Waals surface area contributed by atoms with Crippen LogP contribution in [-0.2, 0) is 6.42 Å². The molecule has 0 fully saturated rings. The smallest absolute Gasteiger partial charge is 0.0208 e. The Labute approximate surface area is 68.8 Å². The summed E-state index contributed by atoms with van der Waals surface area (Å²) in [4.78, 5) is 3.31. The first-order chi connectivity index (χ1) is 5.29. The molecule has 1 N–H and O–H groups in total. The van der Waals surface area contributed by atoms with Gasteiger partial charge in [-0.3, -0.25) is 0 Å². The maximum absolute atomic E-state index is 3.31. The van der Waals surface area contributed by atoms with Crippen LogP contribution in [0.25, 0.3) is 0 Å². The molecule has 1 aromatic heterocycles. The van der Waals surface area contributed by atoms with Crippen molar-refractivity contribution in [3.63, 3.8) is 0 Å². The molecule has 1 nitrogen and oxygen atoms in total. The van der Waals surface area contributed by atoms with Crippen LogP contribution in [0, 0.1) is 0 Å². The van der Waals surface area contributed by atoms with Crippen LogP contribution in [0.1, 0.15) is 44.4 Å². The molecule has 0 bridgehead atoms. The van der Waals surface area contributed by atoms with Crippen LogP contribution in [0.5, 0.6) is 0 Å². The largest absolute Gasteiger partial charge is 0.365 e. The molecule has 11 heavy (non-hydrogen) atoms. The predicted molar refractivity (Wildman–Crippen MR) is 48.9 cm³/mol. The van der Waals surface area contributed by atoms with Gasteiger partial charge < -0.3 is 4.98 Å². The summed E-state index contributed by atoms with van der Waals surface area (Å²) < 4.78 is 0. The third kappa shape index (κ3) is 1.65.